The molecule has 176 valence electrons. The molecular formula is C24H36IN5O2. The van der Waals surface area contributed by atoms with Crippen LogP contribution in [0, 0.1) is 0 Å². The van der Waals surface area contributed by atoms with Gasteiger partial charge in [-0.25, -0.2) is 4.98 Å². The van der Waals surface area contributed by atoms with Crippen LogP contribution in [0.5, 0.6) is 11.5 Å². The van der Waals surface area contributed by atoms with Crippen LogP contribution in [0.1, 0.15) is 25.8 Å². The smallest absolute Gasteiger partial charge is 0.194 e. The molecule has 1 aromatic carbocycles. The lowest BCUT2D eigenvalue weighted by atomic mass is 10.1. The highest BCUT2D eigenvalue weighted by molar-refractivity contribution is 14.0. The van der Waals surface area contributed by atoms with Crippen LogP contribution < -0.4 is 19.7 Å². The number of aromatic nitrogens is 1. The first-order chi connectivity index (χ1) is 15.2. The minimum Gasteiger partial charge on any atom is -0.493 e. The number of pyridine rings is 1. The molecule has 1 saturated heterocycles. The number of aliphatic imine (C=N–C) groups is 1. The van der Waals surface area contributed by atoms with Crippen molar-refractivity contribution in [2.24, 2.45) is 4.99 Å². The number of guanidine groups is 1. The maximum Gasteiger partial charge on any atom is 0.194 e. The van der Waals surface area contributed by atoms with Gasteiger partial charge >= 0.3 is 0 Å². The van der Waals surface area contributed by atoms with Gasteiger partial charge in [0, 0.05) is 45.5 Å². The fraction of sp³-hybridized carbons (Fsp3) is 0.500. The van der Waals surface area contributed by atoms with Gasteiger partial charge in [-0.15, -0.1) is 24.0 Å². The summed E-state index contributed by atoms with van der Waals surface area (Å²) in [6.07, 6.45) is 3.80. The second-order valence-corrected chi connectivity index (χ2v) is 7.42. The molecule has 32 heavy (non-hydrogen) atoms. The fourth-order valence-electron chi connectivity index (χ4n) is 3.73. The van der Waals surface area contributed by atoms with E-state index in [0.717, 1.165) is 75.4 Å². The summed E-state index contributed by atoms with van der Waals surface area (Å²) in [5.41, 5.74) is 1.24. The summed E-state index contributed by atoms with van der Waals surface area (Å²) in [6, 6.07) is 12.2. The number of nitrogens with one attached hydrogen (secondary N) is 1. The summed E-state index contributed by atoms with van der Waals surface area (Å²) in [5, 5.41) is 3.45. The van der Waals surface area contributed by atoms with Crippen LogP contribution in [0.15, 0.2) is 47.6 Å². The molecule has 0 atom stereocenters. The molecule has 1 aromatic heterocycles. The molecule has 8 heteroatoms. The van der Waals surface area contributed by atoms with Crippen LogP contribution >= 0.6 is 24.0 Å². The van der Waals surface area contributed by atoms with Crippen molar-refractivity contribution in [3.63, 3.8) is 0 Å². The number of benzene rings is 1. The van der Waals surface area contributed by atoms with Crippen molar-refractivity contribution in [3.8, 4) is 11.5 Å². The molecular weight excluding hydrogens is 517 g/mol. The number of halogens is 1. The Morgan fingerprint density at radius 3 is 2.56 bits per heavy atom. The monoisotopic (exact) mass is 553 g/mol. The third kappa shape index (κ3) is 7.43. The van der Waals surface area contributed by atoms with Crippen molar-refractivity contribution >= 4 is 35.8 Å². The van der Waals surface area contributed by atoms with Crippen LogP contribution in [-0.2, 0) is 6.42 Å². The predicted molar refractivity (Wildman–Crippen MR) is 142 cm³/mol. The Kier molecular flexibility index (Phi) is 11.4. The average Bonchev–Trinajstić information content (AvgIpc) is 2.82. The lowest BCUT2D eigenvalue weighted by Gasteiger charge is -2.37. The van der Waals surface area contributed by atoms with Crippen molar-refractivity contribution in [3.05, 3.63) is 48.2 Å². The molecule has 2 aromatic rings. The van der Waals surface area contributed by atoms with E-state index in [9.17, 15) is 0 Å². The number of piperazine rings is 1. The van der Waals surface area contributed by atoms with Gasteiger partial charge in [-0.05, 0) is 56.5 Å². The number of aryl methyl sites for hydroxylation is 1. The van der Waals surface area contributed by atoms with Crippen LogP contribution in [0.2, 0.25) is 0 Å². The Morgan fingerprint density at radius 2 is 1.91 bits per heavy atom. The number of rotatable bonds is 9. The van der Waals surface area contributed by atoms with Crippen LogP contribution in [0.3, 0.4) is 0 Å². The third-order valence-corrected chi connectivity index (χ3v) is 5.30. The Morgan fingerprint density at radius 1 is 1.09 bits per heavy atom. The number of hydrogen-bond acceptors (Lipinski definition) is 5. The van der Waals surface area contributed by atoms with E-state index in [2.05, 4.69) is 45.2 Å². The van der Waals surface area contributed by atoms with E-state index in [1.54, 1.807) is 7.11 Å². The summed E-state index contributed by atoms with van der Waals surface area (Å²) >= 11 is 0. The normalized spacial score (nSPS) is 14.0. The summed E-state index contributed by atoms with van der Waals surface area (Å²) in [5.74, 6) is 3.65. The highest BCUT2D eigenvalue weighted by atomic mass is 127. The highest BCUT2D eigenvalue weighted by Crippen LogP contribution is 2.28. The minimum absolute atomic E-state index is 0. The van der Waals surface area contributed by atoms with Gasteiger partial charge in [-0.3, -0.25) is 4.99 Å². The minimum atomic E-state index is 0. The number of hydrogen-bond donors (Lipinski definition) is 1. The number of ether oxygens (including phenoxy) is 2. The van der Waals surface area contributed by atoms with E-state index in [1.165, 1.54) is 5.56 Å². The Hall–Kier alpha value is -2.23. The second-order valence-electron chi connectivity index (χ2n) is 7.42. The lowest BCUT2D eigenvalue weighted by molar-refractivity contribution is 0.310. The first kappa shape index (κ1) is 26.0. The predicted octanol–water partition coefficient (Wildman–Crippen LogP) is 3.83. The zero-order chi connectivity index (χ0) is 21.9. The average molecular weight is 553 g/mol. The van der Waals surface area contributed by atoms with E-state index >= 15 is 0 Å². The molecule has 1 N–H and O–H groups in total. The molecule has 0 saturated carbocycles. The zero-order valence-electron chi connectivity index (χ0n) is 19.4. The highest BCUT2D eigenvalue weighted by Gasteiger charge is 2.20. The summed E-state index contributed by atoms with van der Waals surface area (Å²) < 4.78 is 11.1. The van der Waals surface area contributed by atoms with Gasteiger partial charge in [-0.2, -0.15) is 0 Å². The van der Waals surface area contributed by atoms with Gasteiger partial charge in [0.15, 0.2) is 17.5 Å². The molecule has 1 aliphatic heterocycles. The van der Waals surface area contributed by atoms with Crippen molar-refractivity contribution in [1.29, 1.82) is 0 Å². The third-order valence-electron chi connectivity index (χ3n) is 5.30. The van der Waals surface area contributed by atoms with Crippen molar-refractivity contribution in [1.82, 2.24) is 15.2 Å². The molecule has 0 bridgehead atoms. The quantitative estimate of drug-likeness (QED) is 0.221. The van der Waals surface area contributed by atoms with Gasteiger partial charge in [0.2, 0.25) is 0 Å². The summed E-state index contributed by atoms with van der Waals surface area (Å²) in [6.45, 7) is 10.2. The van der Waals surface area contributed by atoms with E-state index in [1.807, 2.05) is 31.3 Å². The maximum absolute atomic E-state index is 5.69. The van der Waals surface area contributed by atoms with Crippen molar-refractivity contribution in [2.45, 2.75) is 26.7 Å². The molecule has 0 aliphatic carbocycles. The summed E-state index contributed by atoms with van der Waals surface area (Å²) in [4.78, 5) is 14.0. The molecule has 0 radical (unpaired) electrons. The molecule has 7 nitrogen and oxygen atoms in total. The van der Waals surface area contributed by atoms with E-state index in [4.69, 9.17) is 14.5 Å². The molecule has 0 spiro atoms. The first-order valence-electron chi connectivity index (χ1n) is 11.2. The summed E-state index contributed by atoms with van der Waals surface area (Å²) in [7, 11) is 1.67. The van der Waals surface area contributed by atoms with Gasteiger partial charge in [0.1, 0.15) is 5.82 Å². The van der Waals surface area contributed by atoms with Crippen LogP contribution in [-0.4, -0.2) is 68.8 Å². The first-order valence-corrected chi connectivity index (χ1v) is 11.2. The Labute approximate surface area is 209 Å². The largest absolute Gasteiger partial charge is 0.493 e. The standard InChI is InChI=1S/C24H35N5O2.HI/c1-4-25-24(29-17-15-28(16-18-29)23-10-6-7-13-26-23)27-14-8-9-20-11-12-21(30-3)22(19-20)31-5-2;/h6-7,10-13,19H,4-5,8-9,14-18H2,1-3H3,(H,25,27);1H. The second kappa shape index (κ2) is 14.0. The van der Waals surface area contributed by atoms with E-state index in [0.29, 0.717) is 6.61 Å². The molecule has 2 heterocycles. The van der Waals surface area contributed by atoms with Crippen LogP contribution in [0.25, 0.3) is 0 Å². The van der Waals surface area contributed by atoms with Crippen molar-refractivity contribution in [2.75, 3.05) is 57.9 Å². The van der Waals surface area contributed by atoms with Gasteiger partial charge in [-0.1, -0.05) is 12.1 Å². The van der Waals surface area contributed by atoms with Gasteiger partial charge < -0.3 is 24.6 Å². The molecule has 0 amide bonds. The van der Waals surface area contributed by atoms with E-state index < -0.39 is 0 Å². The number of nitrogens with zero attached hydrogens (tertiary/aromatic N) is 4. The maximum atomic E-state index is 5.69. The van der Waals surface area contributed by atoms with Crippen molar-refractivity contribution < 1.29 is 9.47 Å². The Bertz CT molecular complexity index is 826. The zero-order valence-corrected chi connectivity index (χ0v) is 21.7. The van der Waals surface area contributed by atoms with E-state index in [-0.39, 0.29) is 24.0 Å². The molecule has 1 aliphatic rings. The lowest BCUT2D eigenvalue weighted by Crippen LogP contribution is -2.52. The topological polar surface area (TPSA) is 62.2 Å². The van der Waals surface area contributed by atoms with Gasteiger partial charge in [0.25, 0.3) is 0 Å². The van der Waals surface area contributed by atoms with Gasteiger partial charge in [0.05, 0.1) is 13.7 Å². The molecule has 3 rings (SSSR count). The van der Waals surface area contributed by atoms with Crippen LogP contribution in [0.4, 0.5) is 5.82 Å². The number of methoxy groups -OCH3 is 1. The molecule has 1 fully saturated rings. The Balaban J connectivity index is 0.00000363. The fourth-order valence-corrected chi connectivity index (χ4v) is 3.73. The number of anilines is 1. The SMILES string of the molecule is CCNC(=NCCCc1ccc(OC)c(OCC)c1)N1CCN(c2ccccn2)CC1.I. The molecule has 0 unspecified atom stereocenters.